The van der Waals surface area contributed by atoms with Crippen LogP contribution in [-0.2, 0) is 24.2 Å². The number of aryl methyl sites for hydroxylation is 2. The molecule has 2 aromatic heterocycles. The van der Waals surface area contributed by atoms with Crippen LogP contribution in [0.15, 0.2) is 44.2 Å². The van der Waals surface area contributed by atoms with Crippen molar-refractivity contribution in [3.8, 4) is 11.5 Å². The summed E-state index contributed by atoms with van der Waals surface area (Å²) in [6, 6.07) is 7.68. The standard InChI is InChI=1S/C27H27NO6/c1-15-14-33-22-12-23-21(11-20(15)22)16(2)19(27(30)34-23)5-6-26(29)28-8-7-17-9-24(31-3)25(32-4)10-18(17)13-28/h9-12,14H,5-8,13H2,1-4H3. The molecule has 7 nitrogen and oxygen atoms in total. The van der Waals surface area contributed by atoms with Gasteiger partial charge in [0, 0.05) is 41.9 Å². The van der Waals surface area contributed by atoms with E-state index < -0.39 is 5.63 Å². The van der Waals surface area contributed by atoms with Gasteiger partial charge in [-0.15, -0.1) is 0 Å². The van der Waals surface area contributed by atoms with E-state index in [0.29, 0.717) is 47.7 Å². The minimum absolute atomic E-state index is 0.0143. The van der Waals surface area contributed by atoms with Gasteiger partial charge in [0.05, 0.1) is 20.5 Å². The van der Waals surface area contributed by atoms with E-state index in [1.165, 1.54) is 0 Å². The Morgan fingerprint density at radius 3 is 2.47 bits per heavy atom. The SMILES string of the molecule is COc1cc2c(cc1OC)CN(C(=O)CCc1c(C)c3cc4c(C)coc4cc3oc1=O)CC2. The van der Waals surface area contributed by atoms with Gasteiger partial charge in [0.1, 0.15) is 11.2 Å². The lowest BCUT2D eigenvalue weighted by atomic mass is 9.97. The first-order valence-electron chi connectivity index (χ1n) is 11.3. The van der Waals surface area contributed by atoms with Crippen LogP contribution >= 0.6 is 0 Å². The molecule has 0 saturated carbocycles. The van der Waals surface area contributed by atoms with Crippen molar-refractivity contribution in [3.05, 3.63) is 68.8 Å². The first kappa shape index (κ1) is 22.1. The summed E-state index contributed by atoms with van der Waals surface area (Å²) in [5, 5.41) is 1.86. The van der Waals surface area contributed by atoms with Crippen molar-refractivity contribution in [2.75, 3.05) is 20.8 Å². The lowest BCUT2D eigenvalue weighted by molar-refractivity contribution is -0.132. The number of methoxy groups -OCH3 is 2. The quantitative estimate of drug-likeness (QED) is 0.401. The number of ether oxygens (including phenoxy) is 2. The minimum Gasteiger partial charge on any atom is -0.493 e. The predicted molar refractivity (Wildman–Crippen MR) is 129 cm³/mol. The molecule has 7 heteroatoms. The topological polar surface area (TPSA) is 82.1 Å². The van der Waals surface area contributed by atoms with Gasteiger partial charge in [0.2, 0.25) is 5.91 Å². The average molecular weight is 462 g/mol. The van der Waals surface area contributed by atoms with Crippen molar-refractivity contribution < 1.29 is 23.1 Å². The molecule has 3 heterocycles. The van der Waals surface area contributed by atoms with Gasteiger partial charge in [-0.1, -0.05) is 0 Å². The number of nitrogens with zero attached hydrogens (tertiary/aromatic N) is 1. The second-order valence-electron chi connectivity index (χ2n) is 8.80. The van der Waals surface area contributed by atoms with E-state index in [4.69, 9.17) is 18.3 Å². The second kappa shape index (κ2) is 8.56. The molecular formula is C27H27NO6. The molecule has 0 N–H and O–H groups in total. The van der Waals surface area contributed by atoms with Gasteiger partial charge in [-0.25, -0.2) is 4.79 Å². The van der Waals surface area contributed by atoms with Crippen LogP contribution in [0.3, 0.4) is 0 Å². The third kappa shape index (κ3) is 3.71. The highest BCUT2D eigenvalue weighted by Gasteiger charge is 2.23. The molecule has 176 valence electrons. The first-order valence-corrected chi connectivity index (χ1v) is 11.3. The van der Waals surface area contributed by atoms with E-state index in [1.807, 2.05) is 36.9 Å². The van der Waals surface area contributed by atoms with Crippen LogP contribution in [0.5, 0.6) is 11.5 Å². The Hall–Kier alpha value is -3.74. The number of carbonyl (C=O) groups is 1. The largest absolute Gasteiger partial charge is 0.493 e. The summed E-state index contributed by atoms with van der Waals surface area (Å²) in [6.45, 7) is 5.03. The Morgan fingerprint density at radius 1 is 1.00 bits per heavy atom. The molecule has 5 rings (SSSR count). The average Bonchev–Trinajstić information content (AvgIpc) is 3.20. The van der Waals surface area contributed by atoms with Gasteiger partial charge in [-0.2, -0.15) is 0 Å². The monoisotopic (exact) mass is 461 g/mol. The third-order valence-electron chi connectivity index (χ3n) is 6.83. The van der Waals surface area contributed by atoms with Crippen LogP contribution in [0.25, 0.3) is 21.9 Å². The van der Waals surface area contributed by atoms with Crippen LogP contribution in [0, 0.1) is 13.8 Å². The normalized spacial score (nSPS) is 13.4. The van der Waals surface area contributed by atoms with Gasteiger partial charge in [-0.05, 0) is 67.1 Å². The Kier molecular flexibility index (Phi) is 5.55. The molecule has 0 saturated heterocycles. The van der Waals surface area contributed by atoms with Crippen LogP contribution in [0.4, 0.5) is 0 Å². The highest BCUT2D eigenvalue weighted by molar-refractivity contribution is 5.96. The zero-order chi connectivity index (χ0) is 24.0. The fourth-order valence-electron chi connectivity index (χ4n) is 4.81. The van der Waals surface area contributed by atoms with Gasteiger partial charge in [0.15, 0.2) is 11.5 Å². The molecule has 0 atom stereocenters. The predicted octanol–water partition coefficient (Wildman–Crippen LogP) is 4.69. The van der Waals surface area contributed by atoms with Gasteiger partial charge in [0.25, 0.3) is 0 Å². The molecule has 0 radical (unpaired) electrons. The molecule has 2 aromatic carbocycles. The molecule has 1 aliphatic heterocycles. The summed E-state index contributed by atoms with van der Waals surface area (Å²) in [4.78, 5) is 27.6. The van der Waals surface area contributed by atoms with Crippen molar-refractivity contribution >= 4 is 27.8 Å². The smallest absolute Gasteiger partial charge is 0.339 e. The summed E-state index contributed by atoms with van der Waals surface area (Å²) < 4.78 is 21.9. The number of hydrogen-bond donors (Lipinski definition) is 0. The molecule has 1 amide bonds. The van der Waals surface area contributed by atoms with E-state index in [-0.39, 0.29) is 12.3 Å². The summed E-state index contributed by atoms with van der Waals surface area (Å²) in [6.07, 6.45) is 3.02. The maximum Gasteiger partial charge on any atom is 0.339 e. The first-order chi connectivity index (χ1) is 16.4. The highest BCUT2D eigenvalue weighted by Crippen LogP contribution is 2.33. The summed E-state index contributed by atoms with van der Waals surface area (Å²) in [7, 11) is 3.22. The Labute approximate surface area is 196 Å². The van der Waals surface area contributed by atoms with Crippen LogP contribution in [0.2, 0.25) is 0 Å². The van der Waals surface area contributed by atoms with Crippen molar-refractivity contribution in [1.82, 2.24) is 4.90 Å². The second-order valence-corrected chi connectivity index (χ2v) is 8.80. The van der Waals surface area contributed by atoms with E-state index in [9.17, 15) is 9.59 Å². The van der Waals surface area contributed by atoms with E-state index in [2.05, 4.69) is 0 Å². The van der Waals surface area contributed by atoms with Gasteiger partial charge in [-0.3, -0.25) is 4.79 Å². The Morgan fingerprint density at radius 2 is 1.74 bits per heavy atom. The van der Waals surface area contributed by atoms with E-state index in [0.717, 1.165) is 39.4 Å². The van der Waals surface area contributed by atoms with Crippen LogP contribution in [0.1, 0.15) is 34.2 Å². The Bertz CT molecular complexity index is 1480. The number of furan rings is 1. The number of carbonyl (C=O) groups excluding carboxylic acids is 1. The summed E-state index contributed by atoms with van der Waals surface area (Å²) in [5.74, 6) is 1.37. The fraction of sp³-hybridized carbons (Fsp3) is 0.333. The maximum atomic E-state index is 13.1. The van der Waals surface area contributed by atoms with Gasteiger partial charge >= 0.3 is 5.63 Å². The van der Waals surface area contributed by atoms with Gasteiger partial charge < -0.3 is 23.2 Å². The van der Waals surface area contributed by atoms with Crippen molar-refractivity contribution in [2.45, 2.75) is 39.7 Å². The molecule has 34 heavy (non-hydrogen) atoms. The molecule has 0 spiro atoms. The molecule has 4 aromatic rings. The zero-order valence-electron chi connectivity index (χ0n) is 19.8. The number of rotatable bonds is 5. The summed E-state index contributed by atoms with van der Waals surface area (Å²) >= 11 is 0. The number of hydrogen-bond acceptors (Lipinski definition) is 6. The number of benzene rings is 2. The van der Waals surface area contributed by atoms with Crippen LogP contribution < -0.4 is 15.1 Å². The third-order valence-corrected chi connectivity index (χ3v) is 6.83. The molecule has 0 unspecified atom stereocenters. The van der Waals surface area contributed by atoms with E-state index >= 15 is 0 Å². The Balaban J connectivity index is 1.36. The lowest BCUT2D eigenvalue weighted by Gasteiger charge is -2.29. The van der Waals surface area contributed by atoms with Crippen molar-refractivity contribution in [1.29, 1.82) is 0 Å². The molecule has 0 fully saturated rings. The molecule has 0 bridgehead atoms. The minimum atomic E-state index is -0.402. The maximum absolute atomic E-state index is 13.1. The summed E-state index contributed by atoms with van der Waals surface area (Å²) in [5.41, 5.74) is 5.42. The number of amides is 1. The molecule has 1 aliphatic rings. The van der Waals surface area contributed by atoms with E-state index in [1.54, 1.807) is 26.5 Å². The van der Waals surface area contributed by atoms with Crippen molar-refractivity contribution in [2.24, 2.45) is 0 Å². The highest BCUT2D eigenvalue weighted by atomic mass is 16.5. The fourth-order valence-corrected chi connectivity index (χ4v) is 4.81. The lowest BCUT2D eigenvalue weighted by Crippen LogP contribution is -2.36. The number of fused-ring (bicyclic) bond motifs is 3. The zero-order valence-corrected chi connectivity index (χ0v) is 19.8. The van der Waals surface area contributed by atoms with Crippen LogP contribution in [-0.4, -0.2) is 31.6 Å². The molecule has 0 aliphatic carbocycles. The van der Waals surface area contributed by atoms with Crippen molar-refractivity contribution in [3.63, 3.8) is 0 Å². The molecular weight excluding hydrogens is 434 g/mol.